The molecule has 1 aliphatic rings. The predicted molar refractivity (Wildman–Crippen MR) is 106 cm³/mol. The van der Waals surface area contributed by atoms with Gasteiger partial charge >= 0.3 is 0 Å². The third-order valence-corrected chi connectivity index (χ3v) is 5.16. The molecular weight excluding hydrogens is 368 g/mol. The number of carbonyl (C=O) groups excluding carboxylic acids is 1. The van der Waals surface area contributed by atoms with Gasteiger partial charge in [-0.05, 0) is 30.7 Å². The van der Waals surface area contributed by atoms with Crippen LogP contribution in [0.4, 0.5) is 0 Å². The van der Waals surface area contributed by atoms with Crippen molar-refractivity contribution in [3.05, 3.63) is 78.0 Å². The first-order valence-electron chi connectivity index (χ1n) is 9.57. The van der Waals surface area contributed by atoms with Gasteiger partial charge in [-0.25, -0.2) is 4.52 Å². The van der Waals surface area contributed by atoms with Crippen molar-refractivity contribution in [2.24, 2.45) is 0 Å². The Balaban J connectivity index is 1.41. The van der Waals surface area contributed by atoms with Crippen molar-refractivity contribution in [3.63, 3.8) is 0 Å². The fourth-order valence-corrected chi connectivity index (χ4v) is 3.65. The first kappa shape index (κ1) is 17.6. The van der Waals surface area contributed by atoms with Crippen LogP contribution < -0.4 is 0 Å². The summed E-state index contributed by atoms with van der Waals surface area (Å²) in [5.41, 5.74) is 3.78. The van der Waals surface area contributed by atoms with Crippen LogP contribution in [0.5, 0.6) is 0 Å². The van der Waals surface area contributed by atoms with Gasteiger partial charge in [0, 0.05) is 18.3 Å². The molecule has 5 rings (SSSR count). The molecule has 7 heteroatoms. The summed E-state index contributed by atoms with van der Waals surface area (Å²) in [7, 11) is 0. The lowest BCUT2D eigenvalue weighted by atomic mass is 10.1. The Morgan fingerprint density at radius 1 is 1.07 bits per heavy atom. The maximum atomic E-state index is 12.7. The van der Waals surface area contributed by atoms with Gasteiger partial charge in [-0.3, -0.25) is 4.79 Å². The number of ether oxygens (including phenoxy) is 1. The SMILES string of the molecule is Cc1ccc(C(=O)N2CCO[C@@H](c3nnn4cc(-c5ccccc5)ccc34)C2)o1. The number of furan rings is 1. The number of amides is 1. The van der Waals surface area contributed by atoms with Gasteiger partial charge in [0.1, 0.15) is 17.6 Å². The van der Waals surface area contributed by atoms with Crippen molar-refractivity contribution in [2.45, 2.75) is 13.0 Å². The van der Waals surface area contributed by atoms with Crippen molar-refractivity contribution in [3.8, 4) is 11.1 Å². The van der Waals surface area contributed by atoms with Gasteiger partial charge in [0.2, 0.25) is 0 Å². The molecule has 29 heavy (non-hydrogen) atoms. The molecule has 1 aliphatic heterocycles. The molecule has 7 nitrogen and oxygen atoms in total. The Hall–Kier alpha value is -3.45. The molecule has 0 radical (unpaired) electrons. The van der Waals surface area contributed by atoms with Crippen molar-refractivity contribution in [1.82, 2.24) is 19.7 Å². The average Bonchev–Trinajstić information content (AvgIpc) is 3.39. The molecule has 0 unspecified atom stereocenters. The summed E-state index contributed by atoms with van der Waals surface area (Å²) in [5, 5.41) is 8.63. The highest BCUT2D eigenvalue weighted by molar-refractivity contribution is 5.91. The number of carbonyl (C=O) groups is 1. The van der Waals surface area contributed by atoms with Gasteiger partial charge in [0.05, 0.1) is 18.7 Å². The van der Waals surface area contributed by atoms with Crippen LogP contribution in [0.1, 0.15) is 28.1 Å². The zero-order chi connectivity index (χ0) is 19.8. The van der Waals surface area contributed by atoms with Crippen molar-refractivity contribution >= 4 is 11.4 Å². The Morgan fingerprint density at radius 3 is 2.72 bits per heavy atom. The van der Waals surface area contributed by atoms with E-state index in [0.29, 0.717) is 25.5 Å². The van der Waals surface area contributed by atoms with Crippen LogP contribution in [-0.2, 0) is 4.74 Å². The van der Waals surface area contributed by atoms with Crippen LogP contribution in [0.25, 0.3) is 16.6 Å². The molecule has 146 valence electrons. The number of aryl methyl sites for hydroxylation is 1. The molecule has 4 heterocycles. The second-order valence-corrected chi connectivity index (χ2v) is 7.11. The minimum atomic E-state index is -0.330. The first-order valence-corrected chi connectivity index (χ1v) is 9.57. The molecule has 4 aromatic rings. The molecule has 0 saturated carbocycles. The predicted octanol–water partition coefficient (Wildman–Crippen LogP) is 3.51. The number of morpholine rings is 1. The minimum absolute atomic E-state index is 0.130. The first-order chi connectivity index (χ1) is 14.2. The Bertz CT molecular complexity index is 1170. The molecule has 3 aromatic heterocycles. The smallest absolute Gasteiger partial charge is 0.289 e. The highest BCUT2D eigenvalue weighted by Gasteiger charge is 2.30. The van der Waals surface area contributed by atoms with Crippen molar-refractivity contribution < 1.29 is 13.9 Å². The van der Waals surface area contributed by atoms with E-state index >= 15 is 0 Å². The summed E-state index contributed by atoms with van der Waals surface area (Å²) >= 11 is 0. The Kier molecular flexibility index (Phi) is 4.37. The van der Waals surface area contributed by atoms with Crippen LogP contribution in [-0.4, -0.2) is 45.3 Å². The molecule has 0 N–H and O–H groups in total. The van der Waals surface area contributed by atoms with E-state index in [9.17, 15) is 4.79 Å². The summed E-state index contributed by atoms with van der Waals surface area (Å²) in [4.78, 5) is 14.5. The van der Waals surface area contributed by atoms with E-state index < -0.39 is 0 Å². The number of hydrogen-bond acceptors (Lipinski definition) is 5. The second kappa shape index (κ2) is 7.18. The van der Waals surface area contributed by atoms with E-state index in [4.69, 9.17) is 9.15 Å². The fourth-order valence-electron chi connectivity index (χ4n) is 3.65. The van der Waals surface area contributed by atoms with Crippen LogP contribution in [0.3, 0.4) is 0 Å². The standard InChI is InChI=1S/C22H20N4O3/c1-15-7-10-19(29-15)22(27)25-11-12-28-20(14-25)21-18-9-8-17(13-26(18)24-23-21)16-5-3-2-4-6-16/h2-10,13,20H,11-12,14H2,1H3/t20-/m1/s1. The summed E-state index contributed by atoms with van der Waals surface area (Å²) in [5.74, 6) is 0.939. The summed E-state index contributed by atoms with van der Waals surface area (Å²) < 4.78 is 13.2. The topological polar surface area (TPSA) is 72.9 Å². The van der Waals surface area contributed by atoms with E-state index in [2.05, 4.69) is 28.5 Å². The number of nitrogens with zero attached hydrogens (tertiary/aromatic N) is 4. The lowest BCUT2D eigenvalue weighted by Crippen LogP contribution is -2.42. The normalized spacial score (nSPS) is 17.0. The number of aromatic nitrogens is 3. The zero-order valence-electron chi connectivity index (χ0n) is 16.0. The number of benzene rings is 1. The molecule has 1 fully saturated rings. The van der Waals surface area contributed by atoms with Gasteiger partial charge in [0.15, 0.2) is 5.76 Å². The van der Waals surface area contributed by atoms with Gasteiger partial charge < -0.3 is 14.1 Å². The highest BCUT2D eigenvalue weighted by Crippen LogP contribution is 2.27. The summed E-state index contributed by atoms with van der Waals surface area (Å²) in [6, 6.07) is 17.7. The largest absolute Gasteiger partial charge is 0.456 e. The molecule has 1 amide bonds. The monoisotopic (exact) mass is 388 g/mol. The van der Waals surface area contributed by atoms with E-state index in [0.717, 1.165) is 28.1 Å². The highest BCUT2D eigenvalue weighted by atomic mass is 16.5. The minimum Gasteiger partial charge on any atom is -0.456 e. The van der Waals surface area contributed by atoms with E-state index in [1.54, 1.807) is 21.5 Å². The Morgan fingerprint density at radius 2 is 1.93 bits per heavy atom. The van der Waals surface area contributed by atoms with Gasteiger partial charge in [0.25, 0.3) is 5.91 Å². The third kappa shape index (κ3) is 3.30. The second-order valence-electron chi connectivity index (χ2n) is 7.11. The molecule has 0 bridgehead atoms. The average molecular weight is 388 g/mol. The molecule has 1 aromatic carbocycles. The molecule has 0 aliphatic carbocycles. The van der Waals surface area contributed by atoms with Crippen molar-refractivity contribution in [2.75, 3.05) is 19.7 Å². The number of pyridine rings is 1. The number of hydrogen-bond donors (Lipinski definition) is 0. The quantitative estimate of drug-likeness (QED) is 0.537. The Labute approximate surface area is 167 Å². The van der Waals surface area contributed by atoms with Crippen LogP contribution in [0, 0.1) is 6.92 Å². The maximum absolute atomic E-state index is 12.7. The molecule has 1 saturated heterocycles. The van der Waals surface area contributed by atoms with E-state index in [1.165, 1.54) is 0 Å². The third-order valence-electron chi connectivity index (χ3n) is 5.16. The van der Waals surface area contributed by atoms with Gasteiger partial charge in [-0.15, -0.1) is 5.10 Å². The van der Waals surface area contributed by atoms with Crippen LogP contribution in [0.15, 0.2) is 65.2 Å². The molecule has 0 spiro atoms. The zero-order valence-corrected chi connectivity index (χ0v) is 16.0. The lowest BCUT2D eigenvalue weighted by Gasteiger charge is -2.31. The number of rotatable bonds is 3. The van der Waals surface area contributed by atoms with Crippen molar-refractivity contribution in [1.29, 1.82) is 0 Å². The van der Waals surface area contributed by atoms with Crippen LogP contribution in [0.2, 0.25) is 0 Å². The van der Waals surface area contributed by atoms with Crippen LogP contribution >= 0.6 is 0 Å². The lowest BCUT2D eigenvalue weighted by molar-refractivity contribution is -0.0250. The number of fused-ring (bicyclic) bond motifs is 1. The molecular formula is C22H20N4O3. The maximum Gasteiger partial charge on any atom is 0.289 e. The van der Waals surface area contributed by atoms with E-state index in [-0.39, 0.29) is 12.0 Å². The van der Waals surface area contributed by atoms with Gasteiger partial charge in [-0.1, -0.05) is 41.6 Å². The van der Waals surface area contributed by atoms with Gasteiger partial charge in [-0.2, -0.15) is 0 Å². The fraction of sp³-hybridized carbons (Fsp3) is 0.227. The summed E-state index contributed by atoms with van der Waals surface area (Å²) in [6.07, 6.45) is 1.63. The molecule has 1 atom stereocenters. The summed E-state index contributed by atoms with van der Waals surface area (Å²) in [6.45, 7) is 3.20. The van der Waals surface area contributed by atoms with E-state index in [1.807, 2.05) is 37.4 Å².